The van der Waals surface area contributed by atoms with Crippen LogP contribution in [0.2, 0.25) is 0 Å². The van der Waals surface area contributed by atoms with E-state index in [0.717, 1.165) is 0 Å². The van der Waals surface area contributed by atoms with E-state index in [1.807, 2.05) is 48.5 Å². The lowest BCUT2D eigenvalue weighted by Crippen LogP contribution is -2.32. The van der Waals surface area contributed by atoms with E-state index >= 15 is 0 Å². The zero-order valence-electron chi connectivity index (χ0n) is 16.1. The summed E-state index contributed by atoms with van der Waals surface area (Å²) < 4.78 is 4.71. The van der Waals surface area contributed by atoms with E-state index in [9.17, 15) is 4.79 Å². The van der Waals surface area contributed by atoms with E-state index in [-0.39, 0.29) is 24.2 Å². The quantitative estimate of drug-likeness (QED) is 0.257. The van der Waals surface area contributed by atoms with Gasteiger partial charge in [-0.3, -0.25) is 0 Å². The van der Waals surface area contributed by atoms with Gasteiger partial charge in [0.15, 0.2) is 0 Å². The maximum absolute atomic E-state index is 10.6. The van der Waals surface area contributed by atoms with Crippen LogP contribution in [0.4, 0.5) is 4.79 Å². The van der Waals surface area contributed by atoms with Gasteiger partial charge in [0.05, 0.1) is 23.9 Å². The van der Waals surface area contributed by atoms with Gasteiger partial charge in [-0.2, -0.15) is 0 Å². The molecule has 144 valence electrons. The number of hydrogen-bond donors (Lipinski definition) is 1. The molecule has 0 saturated heterocycles. The van der Waals surface area contributed by atoms with Crippen molar-refractivity contribution >= 4 is 6.16 Å². The molecule has 0 saturated carbocycles. The molecule has 0 fully saturated rings. The van der Waals surface area contributed by atoms with Crippen molar-refractivity contribution in [3.63, 3.8) is 0 Å². The Balaban J connectivity index is 4.47. The number of ether oxygens (including phenoxy) is 1. The van der Waals surface area contributed by atoms with Crippen LogP contribution in [0.1, 0.15) is 67.7 Å². The van der Waals surface area contributed by atoms with Crippen LogP contribution >= 0.6 is 0 Å². The molecule has 0 heterocycles. The van der Waals surface area contributed by atoms with Crippen molar-refractivity contribution < 1.29 is 34.2 Å². The second kappa shape index (κ2) is 10.9. The molecule has 0 aliphatic heterocycles. The van der Waals surface area contributed by atoms with Gasteiger partial charge in [-0.05, 0) is 60.8 Å². The van der Waals surface area contributed by atoms with Gasteiger partial charge in [-0.15, -0.1) is 0 Å². The van der Waals surface area contributed by atoms with Gasteiger partial charge in [0.1, 0.15) is 6.61 Å². The molecule has 0 aromatic carbocycles. The van der Waals surface area contributed by atoms with Crippen LogP contribution in [-0.4, -0.2) is 41.8 Å². The molecule has 0 aliphatic rings. The van der Waals surface area contributed by atoms with E-state index < -0.39 is 11.8 Å². The summed E-state index contributed by atoms with van der Waals surface area (Å²) in [5, 5.41) is 8.69. The average Bonchev–Trinajstić information content (AvgIpc) is 2.41. The van der Waals surface area contributed by atoms with Gasteiger partial charge in [-0.1, -0.05) is 6.92 Å². The summed E-state index contributed by atoms with van der Waals surface area (Å²) in [6.45, 7) is 13.8. The van der Waals surface area contributed by atoms with Crippen molar-refractivity contribution in [3.05, 3.63) is 0 Å². The van der Waals surface area contributed by atoms with Crippen LogP contribution in [0.25, 0.3) is 0 Å². The summed E-state index contributed by atoms with van der Waals surface area (Å²) in [7, 11) is 0. The summed E-state index contributed by atoms with van der Waals surface area (Å²) in [5.74, 6) is -0.0908. The summed E-state index contributed by atoms with van der Waals surface area (Å²) in [6.07, 6.45) is 0.478. The van der Waals surface area contributed by atoms with Crippen LogP contribution in [0.5, 0.6) is 0 Å². The minimum absolute atomic E-state index is 0.0728. The van der Waals surface area contributed by atoms with Gasteiger partial charge in [-0.25, -0.2) is 24.3 Å². The average molecular weight is 350 g/mol. The Morgan fingerprint density at radius 3 is 2.08 bits per heavy atom. The van der Waals surface area contributed by atoms with Crippen molar-refractivity contribution in [1.82, 2.24) is 0 Å². The maximum Gasteiger partial charge on any atom is 0.505 e. The molecule has 0 bridgehead atoms. The van der Waals surface area contributed by atoms with Crippen LogP contribution in [0.15, 0.2) is 0 Å². The fourth-order valence-electron chi connectivity index (χ4n) is 1.80. The zero-order chi connectivity index (χ0) is 18.8. The molecule has 0 aromatic rings. The Morgan fingerprint density at radius 2 is 1.62 bits per heavy atom. The van der Waals surface area contributed by atoms with Gasteiger partial charge in [0.25, 0.3) is 0 Å². The van der Waals surface area contributed by atoms with Crippen molar-refractivity contribution in [2.75, 3.05) is 13.2 Å². The van der Waals surface area contributed by atoms with Crippen LogP contribution < -0.4 is 0 Å². The van der Waals surface area contributed by atoms with Crippen LogP contribution in [0.3, 0.4) is 0 Å². The Hall–Kier alpha value is -0.890. The lowest BCUT2D eigenvalue weighted by Gasteiger charge is -2.28. The highest BCUT2D eigenvalue weighted by atomic mass is 17.2. The summed E-state index contributed by atoms with van der Waals surface area (Å²) >= 11 is 0. The van der Waals surface area contributed by atoms with Crippen molar-refractivity contribution in [2.24, 2.45) is 5.92 Å². The lowest BCUT2D eigenvalue weighted by molar-refractivity contribution is -0.384. The Bertz CT molecular complexity index is 344. The Morgan fingerprint density at radius 1 is 1.04 bits per heavy atom. The highest BCUT2D eigenvalue weighted by Gasteiger charge is 2.26. The SMILES string of the molecule is CCC(COC(=O)O)C(CCCOOC(C)(C)C)OOC(C)(C)C. The molecule has 0 spiro atoms. The van der Waals surface area contributed by atoms with E-state index in [4.69, 9.17) is 29.4 Å². The highest BCUT2D eigenvalue weighted by Crippen LogP contribution is 2.21. The first-order valence-electron chi connectivity index (χ1n) is 8.45. The number of carbonyl (C=O) groups is 1. The lowest BCUT2D eigenvalue weighted by atomic mass is 9.97. The molecule has 24 heavy (non-hydrogen) atoms. The summed E-state index contributed by atoms with van der Waals surface area (Å²) in [5.41, 5.74) is -0.803. The van der Waals surface area contributed by atoms with Crippen molar-refractivity contribution in [2.45, 2.75) is 85.0 Å². The molecule has 1 N–H and O–H groups in total. The predicted molar refractivity (Wildman–Crippen MR) is 89.5 cm³/mol. The van der Waals surface area contributed by atoms with Gasteiger partial charge >= 0.3 is 6.16 Å². The first-order valence-corrected chi connectivity index (χ1v) is 8.45. The topological polar surface area (TPSA) is 83.5 Å². The van der Waals surface area contributed by atoms with E-state index in [0.29, 0.717) is 25.9 Å². The minimum atomic E-state index is -1.29. The number of carboxylic acid groups (broad SMARTS) is 1. The second-order valence-corrected chi connectivity index (χ2v) is 7.74. The molecule has 0 rings (SSSR count). The minimum Gasteiger partial charge on any atom is -0.450 e. The fraction of sp³-hybridized carbons (Fsp3) is 0.941. The third-order valence-electron chi connectivity index (χ3n) is 2.92. The molecule has 7 heteroatoms. The summed E-state index contributed by atoms with van der Waals surface area (Å²) in [6, 6.07) is 0. The second-order valence-electron chi connectivity index (χ2n) is 7.74. The van der Waals surface area contributed by atoms with Crippen molar-refractivity contribution in [3.8, 4) is 0 Å². The van der Waals surface area contributed by atoms with Gasteiger partial charge in [0.2, 0.25) is 0 Å². The first-order chi connectivity index (χ1) is 10.9. The number of hydrogen-bond acceptors (Lipinski definition) is 6. The molecule has 0 aromatic heterocycles. The molecular formula is C17H34O7. The van der Waals surface area contributed by atoms with E-state index in [1.165, 1.54) is 0 Å². The third-order valence-corrected chi connectivity index (χ3v) is 2.92. The number of rotatable bonds is 11. The van der Waals surface area contributed by atoms with Crippen molar-refractivity contribution in [1.29, 1.82) is 0 Å². The normalized spacial score (nSPS) is 15.1. The van der Waals surface area contributed by atoms with E-state index in [1.54, 1.807) is 0 Å². The molecule has 0 amide bonds. The molecule has 0 radical (unpaired) electrons. The highest BCUT2D eigenvalue weighted by molar-refractivity contribution is 5.56. The molecule has 0 aliphatic carbocycles. The summed E-state index contributed by atoms with van der Waals surface area (Å²) in [4.78, 5) is 32.0. The zero-order valence-corrected chi connectivity index (χ0v) is 16.1. The van der Waals surface area contributed by atoms with Gasteiger partial charge in [0, 0.05) is 5.92 Å². The van der Waals surface area contributed by atoms with Crippen LogP contribution in [0, 0.1) is 5.92 Å². The molecule has 2 unspecified atom stereocenters. The third kappa shape index (κ3) is 13.5. The standard InChI is InChI=1S/C17H34O7/c1-8-13(12-20-15(18)19)14(22-24-17(5,6)7)10-9-11-21-23-16(2,3)4/h13-14H,8-12H2,1-7H3,(H,18,19). The largest absolute Gasteiger partial charge is 0.505 e. The van der Waals surface area contributed by atoms with Crippen LogP contribution in [-0.2, 0) is 24.3 Å². The molecule has 2 atom stereocenters. The van der Waals surface area contributed by atoms with E-state index in [2.05, 4.69) is 0 Å². The Kier molecular flexibility index (Phi) is 10.5. The fourth-order valence-corrected chi connectivity index (χ4v) is 1.80. The predicted octanol–water partition coefficient (Wildman–Crippen LogP) is 4.35. The van der Waals surface area contributed by atoms with Gasteiger partial charge < -0.3 is 9.84 Å². The maximum atomic E-state index is 10.6. The smallest absolute Gasteiger partial charge is 0.450 e. The molecular weight excluding hydrogens is 316 g/mol. The monoisotopic (exact) mass is 350 g/mol. The molecule has 7 nitrogen and oxygen atoms in total. The Labute approximate surface area is 145 Å². The first kappa shape index (κ1) is 23.1.